The molecule has 0 bridgehead atoms. The zero-order valence-electron chi connectivity index (χ0n) is 10.6. The van der Waals surface area contributed by atoms with Crippen LogP contribution in [0, 0.1) is 0 Å². The van der Waals surface area contributed by atoms with Gasteiger partial charge in [0.1, 0.15) is 0 Å². The number of nitrogens with one attached hydrogen (secondary N) is 1. The third-order valence-electron chi connectivity index (χ3n) is 1.21. The number of alkyl halides is 3. The molecule has 0 fully saturated rings. The van der Waals surface area contributed by atoms with Crippen molar-refractivity contribution in [3.05, 3.63) is 12.3 Å². The monoisotopic (exact) mass is 253 g/mol. The van der Waals surface area contributed by atoms with E-state index in [2.05, 4.69) is 5.10 Å². The van der Waals surface area contributed by atoms with E-state index in [9.17, 15) is 18.0 Å². The first-order valence-corrected chi connectivity index (χ1v) is 5.27. The Hall–Kier alpha value is -1.53. The van der Waals surface area contributed by atoms with Gasteiger partial charge in [0, 0.05) is 19.3 Å². The second-order valence-corrected chi connectivity index (χ2v) is 2.33. The fourth-order valence-corrected chi connectivity index (χ4v) is 0.669. The van der Waals surface area contributed by atoms with Crippen LogP contribution >= 0.6 is 0 Å². The SMILES string of the molecule is CC.CC.Cn1ccc(NC(=O)C(F)(F)F)n1. The van der Waals surface area contributed by atoms with E-state index in [1.807, 2.05) is 27.7 Å². The summed E-state index contributed by atoms with van der Waals surface area (Å²) in [6, 6.07) is 1.27. The van der Waals surface area contributed by atoms with Crippen molar-refractivity contribution in [3.8, 4) is 0 Å². The first-order chi connectivity index (χ1) is 7.89. The molecule has 4 nitrogen and oxygen atoms in total. The summed E-state index contributed by atoms with van der Waals surface area (Å²) in [5, 5.41) is 5.16. The second kappa shape index (κ2) is 8.60. The van der Waals surface area contributed by atoms with E-state index >= 15 is 0 Å². The third kappa shape index (κ3) is 7.37. The molecular formula is C10H18F3N3O. The van der Waals surface area contributed by atoms with Gasteiger partial charge in [0.2, 0.25) is 0 Å². The molecule has 1 aromatic heterocycles. The van der Waals surface area contributed by atoms with Gasteiger partial charge in [-0.3, -0.25) is 9.48 Å². The number of hydrogen-bond acceptors (Lipinski definition) is 2. The highest BCUT2D eigenvalue weighted by atomic mass is 19.4. The highest BCUT2D eigenvalue weighted by Gasteiger charge is 2.38. The molecule has 17 heavy (non-hydrogen) atoms. The molecule has 100 valence electrons. The van der Waals surface area contributed by atoms with Crippen molar-refractivity contribution < 1.29 is 18.0 Å². The maximum Gasteiger partial charge on any atom is 0.471 e. The zero-order chi connectivity index (χ0) is 14.1. The highest BCUT2D eigenvalue weighted by molar-refractivity contribution is 5.93. The Bertz CT molecular complexity index is 321. The lowest BCUT2D eigenvalue weighted by Gasteiger charge is -2.04. The van der Waals surface area contributed by atoms with Crippen LogP contribution in [0.25, 0.3) is 0 Å². The molecule has 0 atom stereocenters. The first kappa shape index (κ1) is 17.9. The van der Waals surface area contributed by atoms with Crippen molar-refractivity contribution in [2.75, 3.05) is 5.32 Å². The summed E-state index contributed by atoms with van der Waals surface area (Å²) in [6.45, 7) is 8.00. The molecule has 0 radical (unpaired) electrons. The van der Waals surface area contributed by atoms with Crippen LogP contribution < -0.4 is 5.32 Å². The van der Waals surface area contributed by atoms with E-state index in [-0.39, 0.29) is 5.82 Å². The molecule has 0 aromatic carbocycles. The largest absolute Gasteiger partial charge is 0.471 e. The standard InChI is InChI=1S/C6H6F3N3O.2C2H6/c1-12-3-2-4(11-12)10-5(13)6(7,8)9;2*1-2/h2-3H,1H3,(H,10,11,13);2*1-2H3. The summed E-state index contributed by atoms with van der Waals surface area (Å²) < 4.78 is 36.4. The fraction of sp³-hybridized carbons (Fsp3) is 0.600. The lowest BCUT2D eigenvalue weighted by Crippen LogP contribution is -2.30. The number of amides is 1. The Morgan fingerprint density at radius 3 is 2.06 bits per heavy atom. The van der Waals surface area contributed by atoms with Gasteiger partial charge in [-0.05, 0) is 0 Å². The molecule has 7 heteroatoms. The fourth-order valence-electron chi connectivity index (χ4n) is 0.669. The Balaban J connectivity index is 0. The van der Waals surface area contributed by atoms with Gasteiger partial charge in [0.05, 0.1) is 0 Å². The van der Waals surface area contributed by atoms with Gasteiger partial charge in [0.15, 0.2) is 5.82 Å². The van der Waals surface area contributed by atoms with E-state index in [0.717, 1.165) is 0 Å². The number of carbonyl (C=O) groups is 1. The lowest BCUT2D eigenvalue weighted by molar-refractivity contribution is -0.167. The van der Waals surface area contributed by atoms with E-state index in [0.29, 0.717) is 0 Å². The molecule has 1 rings (SSSR count). The minimum absolute atomic E-state index is 0.121. The van der Waals surface area contributed by atoms with Crippen molar-refractivity contribution >= 4 is 11.7 Å². The summed E-state index contributed by atoms with van der Waals surface area (Å²) in [4.78, 5) is 10.4. The van der Waals surface area contributed by atoms with E-state index in [1.54, 1.807) is 5.32 Å². The second-order valence-electron chi connectivity index (χ2n) is 2.33. The smallest absolute Gasteiger partial charge is 0.301 e. The van der Waals surface area contributed by atoms with Crippen LogP contribution in [-0.2, 0) is 11.8 Å². The minimum atomic E-state index is -4.88. The predicted octanol–water partition coefficient (Wildman–Crippen LogP) is 2.97. The first-order valence-electron chi connectivity index (χ1n) is 5.27. The number of nitrogens with zero attached hydrogens (tertiary/aromatic N) is 2. The predicted molar refractivity (Wildman–Crippen MR) is 60.6 cm³/mol. The molecule has 0 saturated carbocycles. The highest BCUT2D eigenvalue weighted by Crippen LogP contribution is 2.16. The van der Waals surface area contributed by atoms with Crippen LogP contribution in [0.4, 0.5) is 19.0 Å². The van der Waals surface area contributed by atoms with Gasteiger partial charge in [-0.25, -0.2) is 0 Å². The molecule has 0 spiro atoms. The molecule has 1 heterocycles. The molecular weight excluding hydrogens is 235 g/mol. The number of anilines is 1. The van der Waals surface area contributed by atoms with Crippen molar-refractivity contribution in [2.45, 2.75) is 33.9 Å². The molecule has 0 unspecified atom stereocenters. The molecule has 0 aliphatic carbocycles. The van der Waals surface area contributed by atoms with Crippen LogP contribution in [0.1, 0.15) is 27.7 Å². The summed E-state index contributed by atoms with van der Waals surface area (Å²) in [5.74, 6) is -2.14. The number of halogens is 3. The molecule has 0 aliphatic heterocycles. The number of hydrogen-bond donors (Lipinski definition) is 1. The molecule has 0 aliphatic rings. The molecule has 1 aromatic rings. The summed E-state index contributed by atoms with van der Waals surface area (Å²) in [5.41, 5.74) is 0. The average molecular weight is 253 g/mol. The summed E-state index contributed by atoms with van der Waals surface area (Å²) >= 11 is 0. The Labute approximate surface area is 98.8 Å². The van der Waals surface area contributed by atoms with E-state index < -0.39 is 12.1 Å². The minimum Gasteiger partial charge on any atom is -0.301 e. The lowest BCUT2D eigenvalue weighted by atomic mass is 10.5. The average Bonchev–Trinajstić information content (AvgIpc) is 2.68. The van der Waals surface area contributed by atoms with E-state index in [1.165, 1.54) is 24.0 Å². The normalized spacial score (nSPS) is 9.41. The molecule has 1 N–H and O–H groups in total. The Kier molecular flexibility index (Phi) is 9.03. The Morgan fingerprint density at radius 2 is 1.76 bits per heavy atom. The van der Waals surface area contributed by atoms with Crippen molar-refractivity contribution in [1.82, 2.24) is 9.78 Å². The maximum absolute atomic E-state index is 11.7. The summed E-state index contributed by atoms with van der Waals surface area (Å²) in [7, 11) is 1.53. The van der Waals surface area contributed by atoms with Gasteiger partial charge in [0.25, 0.3) is 0 Å². The van der Waals surface area contributed by atoms with Crippen LogP contribution in [0.2, 0.25) is 0 Å². The number of rotatable bonds is 1. The van der Waals surface area contributed by atoms with Crippen LogP contribution in [0.15, 0.2) is 12.3 Å². The number of aromatic nitrogens is 2. The maximum atomic E-state index is 11.7. The third-order valence-corrected chi connectivity index (χ3v) is 1.21. The quantitative estimate of drug-likeness (QED) is 0.836. The van der Waals surface area contributed by atoms with Crippen LogP contribution in [0.5, 0.6) is 0 Å². The van der Waals surface area contributed by atoms with E-state index in [4.69, 9.17) is 0 Å². The number of carbonyl (C=O) groups excluding carboxylic acids is 1. The van der Waals surface area contributed by atoms with Crippen molar-refractivity contribution in [2.24, 2.45) is 7.05 Å². The van der Waals surface area contributed by atoms with Crippen LogP contribution in [-0.4, -0.2) is 21.9 Å². The van der Waals surface area contributed by atoms with Gasteiger partial charge < -0.3 is 5.32 Å². The van der Waals surface area contributed by atoms with Crippen LogP contribution in [0.3, 0.4) is 0 Å². The van der Waals surface area contributed by atoms with Gasteiger partial charge in [-0.2, -0.15) is 18.3 Å². The van der Waals surface area contributed by atoms with Gasteiger partial charge in [-0.1, -0.05) is 27.7 Å². The molecule has 0 saturated heterocycles. The summed E-state index contributed by atoms with van der Waals surface area (Å²) in [6.07, 6.45) is -3.45. The Morgan fingerprint density at radius 1 is 1.29 bits per heavy atom. The zero-order valence-corrected chi connectivity index (χ0v) is 10.6. The van der Waals surface area contributed by atoms with Crippen molar-refractivity contribution in [3.63, 3.8) is 0 Å². The van der Waals surface area contributed by atoms with Crippen molar-refractivity contribution in [1.29, 1.82) is 0 Å². The molecule has 1 amide bonds. The van der Waals surface area contributed by atoms with Gasteiger partial charge >= 0.3 is 12.1 Å². The van der Waals surface area contributed by atoms with Gasteiger partial charge in [-0.15, -0.1) is 0 Å². The number of aryl methyl sites for hydroxylation is 1. The topological polar surface area (TPSA) is 46.9 Å².